The lowest BCUT2D eigenvalue weighted by Crippen LogP contribution is -2.44. The average Bonchev–Trinajstić information content (AvgIpc) is 2.59. The van der Waals surface area contributed by atoms with Gasteiger partial charge in [0.05, 0.1) is 5.39 Å². The second-order valence-corrected chi connectivity index (χ2v) is 6.58. The van der Waals surface area contributed by atoms with Crippen LogP contribution in [-0.4, -0.2) is 45.2 Å². The maximum atomic E-state index is 12.5. The fraction of sp³-hybridized carbons (Fsp3) is 0.474. The molecule has 0 aliphatic heterocycles. The molecule has 0 spiro atoms. The number of carbonyl (C=O) groups excluding carboxylic acids is 2. The van der Waals surface area contributed by atoms with Crippen LogP contribution in [0, 0.1) is 0 Å². The lowest BCUT2D eigenvalue weighted by atomic mass is 10.1. The molecule has 1 amide bonds. The third-order valence-electron chi connectivity index (χ3n) is 4.09. The normalized spacial score (nSPS) is 11.2. The van der Waals surface area contributed by atoms with E-state index in [2.05, 4.69) is 5.10 Å². The average molecular weight is 359 g/mol. The Morgan fingerprint density at radius 2 is 1.69 bits per heavy atom. The van der Waals surface area contributed by atoms with Gasteiger partial charge in [0.2, 0.25) is 0 Å². The van der Waals surface area contributed by atoms with Gasteiger partial charge >= 0.3 is 5.97 Å². The first-order valence-electron chi connectivity index (χ1n) is 8.76. The number of aromatic nitrogens is 2. The summed E-state index contributed by atoms with van der Waals surface area (Å²) in [5, 5.41) is 4.93. The minimum atomic E-state index is -0.718. The fourth-order valence-electron chi connectivity index (χ4n) is 3.04. The SMILES string of the molecule is CCn1nc(C(=O)OCC(=O)N(C(C)C)C(C)C)c2ccccc2c1=O. The monoisotopic (exact) mass is 359 g/mol. The van der Waals surface area contributed by atoms with Crippen molar-refractivity contribution in [1.82, 2.24) is 14.7 Å². The zero-order valence-electron chi connectivity index (χ0n) is 15.9. The molecule has 0 unspecified atom stereocenters. The molecule has 0 aliphatic rings. The Labute approximate surface area is 152 Å². The minimum Gasteiger partial charge on any atom is -0.451 e. The van der Waals surface area contributed by atoms with Gasteiger partial charge in [-0.15, -0.1) is 0 Å². The van der Waals surface area contributed by atoms with E-state index in [1.54, 1.807) is 36.1 Å². The van der Waals surface area contributed by atoms with Gasteiger partial charge in [0.15, 0.2) is 12.3 Å². The predicted octanol–water partition coefficient (Wildman–Crippen LogP) is 2.22. The van der Waals surface area contributed by atoms with E-state index < -0.39 is 5.97 Å². The Morgan fingerprint density at radius 1 is 1.12 bits per heavy atom. The molecular weight excluding hydrogens is 334 g/mol. The molecule has 0 bridgehead atoms. The summed E-state index contributed by atoms with van der Waals surface area (Å²) in [4.78, 5) is 38.9. The maximum Gasteiger partial charge on any atom is 0.359 e. The van der Waals surface area contributed by atoms with Crippen LogP contribution in [-0.2, 0) is 16.1 Å². The highest BCUT2D eigenvalue weighted by molar-refractivity contribution is 6.02. The predicted molar refractivity (Wildman–Crippen MR) is 99.1 cm³/mol. The summed E-state index contributed by atoms with van der Waals surface area (Å²) >= 11 is 0. The number of rotatable bonds is 6. The van der Waals surface area contributed by atoms with Crippen LogP contribution in [0.2, 0.25) is 0 Å². The van der Waals surface area contributed by atoms with E-state index in [9.17, 15) is 14.4 Å². The van der Waals surface area contributed by atoms with Gasteiger partial charge in [0.25, 0.3) is 11.5 Å². The molecule has 0 N–H and O–H groups in total. The summed E-state index contributed by atoms with van der Waals surface area (Å²) in [6.07, 6.45) is 0. The topological polar surface area (TPSA) is 81.5 Å². The number of fused-ring (bicyclic) bond motifs is 1. The Bertz CT molecular complexity index is 863. The van der Waals surface area contributed by atoms with Crippen LogP contribution in [0.1, 0.15) is 45.1 Å². The molecule has 26 heavy (non-hydrogen) atoms. The number of amides is 1. The highest BCUT2D eigenvalue weighted by atomic mass is 16.5. The van der Waals surface area contributed by atoms with E-state index in [-0.39, 0.29) is 35.9 Å². The van der Waals surface area contributed by atoms with Gasteiger partial charge in [-0.05, 0) is 40.7 Å². The summed E-state index contributed by atoms with van der Waals surface area (Å²) in [5.74, 6) is -0.985. The van der Waals surface area contributed by atoms with Crippen molar-refractivity contribution >= 4 is 22.6 Å². The van der Waals surface area contributed by atoms with E-state index >= 15 is 0 Å². The van der Waals surface area contributed by atoms with Crippen molar-refractivity contribution in [1.29, 1.82) is 0 Å². The maximum absolute atomic E-state index is 12.5. The molecule has 1 aromatic heterocycles. The van der Waals surface area contributed by atoms with Gasteiger partial charge in [0.1, 0.15) is 0 Å². The van der Waals surface area contributed by atoms with Crippen LogP contribution in [0.4, 0.5) is 0 Å². The Kier molecular flexibility index (Phi) is 6.13. The molecular formula is C19H25N3O4. The van der Waals surface area contributed by atoms with Crippen LogP contribution in [0.3, 0.4) is 0 Å². The summed E-state index contributed by atoms with van der Waals surface area (Å²) in [6, 6.07) is 6.75. The number of hydrogen-bond donors (Lipinski definition) is 0. The van der Waals surface area contributed by atoms with Crippen molar-refractivity contribution in [2.24, 2.45) is 0 Å². The van der Waals surface area contributed by atoms with Gasteiger partial charge in [-0.25, -0.2) is 9.48 Å². The number of nitrogens with zero attached hydrogens (tertiary/aromatic N) is 3. The zero-order chi connectivity index (χ0) is 19.4. The molecule has 1 heterocycles. The molecule has 0 saturated heterocycles. The quantitative estimate of drug-likeness (QED) is 0.739. The van der Waals surface area contributed by atoms with E-state index in [1.807, 2.05) is 27.7 Å². The van der Waals surface area contributed by atoms with Crippen LogP contribution < -0.4 is 5.56 Å². The number of carbonyl (C=O) groups is 2. The van der Waals surface area contributed by atoms with Crippen molar-refractivity contribution < 1.29 is 14.3 Å². The Hall–Kier alpha value is -2.70. The van der Waals surface area contributed by atoms with Crippen molar-refractivity contribution in [3.63, 3.8) is 0 Å². The molecule has 0 aliphatic carbocycles. The van der Waals surface area contributed by atoms with Crippen molar-refractivity contribution in [3.8, 4) is 0 Å². The molecule has 7 nitrogen and oxygen atoms in total. The van der Waals surface area contributed by atoms with E-state index in [0.29, 0.717) is 17.3 Å². The van der Waals surface area contributed by atoms with Crippen molar-refractivity contribution in [3.05, 3.63) is 40.3 Å². The summed E-state index contributed by atoms with van der Waals surface area (Å²) < 4.78 is 6.43. The molecule has 2 rings (SSSR count). The van der Waals surface area contributed by atoms with Crippen molar-refractivity contribution in [2.45, 2.75) is 53.2 Å². The van der Waals surface area contributed by atoms with Gasteiger partial charge in [0, 0.05) is 24.0 Å². The zero-order valence-corrected chi connectivity index (χ0v) is 15.9. The van der Waals surface area contributed by atoms with Gasteiger partial charge in [-0.1, -0.05) is 18.2 Å². The first kappa shape index (κ1) is 19.6. The molecule has 7 heteroatoms. The Morgan fingerprint density at radius 3 is 2.23 bits per heavy atom. The van der Waals surface area contributed by atoms with Crippen LogP contribution in [0.25, 0.3) is 10.8 Å². The van der Waals surface area contributed by atoms with Crippen LogP contribution in [0.5, 0.6) is 0 Å². The first-order valence-corrected chi connectivity index (χ1v) is 8.76. The number of hydrogen-bond acceptors (Lipinski definition) is 5. The standard InChI is InChI=1S/C19H25N3O4/c1-6-21-18(24)15-10-8-7-9-14(15)17(20-21)19(25)26-11-16(23)22(12(2)3)13(4)5/h7-10,12-13H,6,11H2,1-5H3. The smallest absolute Gasteiger partial charge is 0.359 e. The van der Waals surface area contributed by atoms with Crippen molar-refractivity contribution in [2.75, 3.05) is 6.61 Å². The van der Waals surface area contributed by atoms with Crippen LogP contribution in [0.15, 0.2) is 29.1 Å². The summed E-state index contributed by atoms with van der Waals surface area (Å²) in [6.45, 7) is 9.37. The molecule has 140 valence electrons. The summed E-state index contributed by atoms with van der Waals surface area (Å²) in [7, 11) is 0. The van der Waals surface area contributed by atoms with E-state index in [1.165, 1.54) is 4.68 Å². The molecule has 0 saturated carbocycles. The number of ether oxygens (including phenoxy) is 1. The second-order valence-electron chi connectivity index (χ2n) is 6.58. The minimum absolute atomic E-state index is 0.00199. The Balaban J connectivity index is 2.29. The van der Waals surface area contributed by atoms with E-state index in [4.69, 9.17) is 4.74 Å². The highest BCUT2D eigenvalue weighted by Crippen LogP contribution is 2.14. The lowest BCUT2D eigenvalue weighted by Gasteiger charge is -2.30. The molecule has 0 radical (unpaired) electrons. The molecule has 0 fully saturated rings. The number of aryl methyl sites for hydroxylation is 1. The first-order chi connectivity index (χ1) is 12.3. The molecule has 1 aromatic carbocycles. The largest absolute Gasteiger partial charge is 0.451 e. The van der Waals surface area contributed by atoms with Gasteiger partial charge in [-0.2, -0.15) is 5.10 Å². The third kappa shape index (κ3) is 3.92. The molecule has 0 atom stereocenters. The lowest BCUT2D eigenvalue weighted by molar-refractivity contribution is -0.138. The van der Waals surface area contributed by atoms with Crippen LogP contribution >= 0.6 is 0 Å². The summed E-state index contributed by atoms with van der Waals surface area (Å²) in [5.41, 5.74) is -0.225. The molecule has 2 aromatic rings. The highest BCUT2D eigenvalue weighted by Gasteiger charge is 2.23. The van der Waals surface area contributed by atoms with Gasteiger partial charge in [-0.3, -0.25) is 9.59 Å². The van der Waals surface area contributed by atoms with Gasteiger partial charge < -0.3 is 9.64 Å². The second kappa shape index (κ2) is 8.12. The fourth-order valence-corrected chi connectivity index (χ4v) is 3.04. The number of benzene rings is 1. The number of esters is 1. The third-order valence-corrected chi connectivity index (χ3v) is 4.09. The van der Waals surface area contributed by atoms with E-state index in [0.717, 1.165) is 0 Å².